The lowest BCUT2D eigenvalue weighted by Gasteiger charge is -2.18. The van der Waals surface area contributed by atoms with Crippen LogP contribution in [0.25, 0.3) is 5.65 Å². The van der Waals surface area contributed by atoms with E-state index in [1.807, 2.05) is 0 Å². The maximum atomic E-state index is 13.0. The van der Waals surface area contributed by atoms with Crippen LogP contribution >= 0.6 is 0 Å². The summed E-state index contributed by atoms with van der Waals surface area (Å²) in [6.07, 6.45) is -3.65. The maximum Gasteiger partial charge on any atom is 0.417 e. The number of fused-ring (bicyclic) bond motifs is 1. The number of phenolic OH excluding ortho intramolecular Hbond substituents is 1. The number of amides is 1. The van der Waals surface area contributed by atoms with Gasteiger partial charge in [0.1, 0.15) is 17.1 Å². The van der Waals surface area contributed by atoms with Gasteiger partial charge >= 0.3 is 6.18 Å². The molecular weight excluding hydrogens is 335 g/mol. The highest BCUT2D eigenvalue weighted by molar-refractivity contribution is 6.05. The highest BCUT2D eigenvalue weighted by Crippen LogP contribution is 2.30. The van der Waals surface area contributed by atoms with Crippen LogP contribution in [0.2, 0.25) is 0 Å². The number of halogens is 3. The molecule has 25 heavy (non-hydrogen) atoms. The van der Waals surface area contributed by atoms with Crippen LogP contribution in [0.5, 0.6) is 5.75 Å². The lowest BCUT2D eigenvalue weighted by Crippen LogP contribution is -2.28. The molecule has 0 aliphatic heterocycles. The molecule has 1 aromatic carbocycles. The molecule has 0 unspecified atom stereocenters. The van der Waals surface area contributed by atoms with Crippen molar-refractivity contribution in [2.45, 2.75) is 13.1 Å². The Balaban J connectivity index is 2.08. The van der Waals surface area contributed by atoms with Crippen LogP contribution in [0, 0.1) is 6.92 Å². The molecular formula is C17H14F3N3O2. The second kappa shape index (κ2) is 5.80. The van der Waals surface area contributed by atoms with E-state index in [-0.39, 0.29) is 17.1 Å². The molecule has 0 saturated heterocycles. The summed E-state index contributed by atoms with van der Waals surface area (Å²) in [6.45, 7) is 1.57. The minimum Gasteiger partial charge on any atom is -0.508 e. The average molecular weight is 349 g/mol. The van der Waals surface area contributed by atoms with Gasteiger partial charge in [-0.15, -0.1) is 0 Å². The second-order valence-corrected chi connectivity index (χ2v) is 5.57. The highest BCUT2D eigenvalue weighted by Gasteiger charge is 2.32. The molecule has 3 aromatic rings. The number of benzene rings is 1. The summed E-state index contributed by atoms with van der Waals surface area (Å²) in [4.78, 5) is 18.3. The zero-order valence-electron chi connectivity index (χ0n) is 13.4. The molecule has 1 amide bonds. The minimum absolute atomic E-state index is 0.0467. The summed E-state index contributed by atoms with van der Waals surface area (Å²) in [5, 5.41) is 9.33. The van der Waals surface area contributed by atoms with E-state index in [0.29, 0.717) is 11.4 Å². The quantitative estimate of drug-likeness (QED) is 0.768. The van der Waals surface area contributed by atoms with E-state index in [0.717, 1.165) is 16.7 Å². The van der Waals surface area contributed by atoms with Gasteiger partial charge in [0.2, 0.25) is 0 Å². The Kier molecular flexibility index (Phi) is 3.90. The van der Waals surface area contributed by atoms with Crippen LogP contribution in [-0.4, -0.2) is 27.4 Å². The number of anilines is 1. The monoisotopic (exact) mass is 349 g/mol. The highest BCUT2D eigenvalue weighted by atomic mass is 19.4. The number of nitrogens with zero attached hydrogens (tertiary/aromatic N) is 3. The molecule has 5 nitrogen and oxygen atoms in total. The molecule has 0 saturated carbocycles. The molecule has 0 radical (unpaired) electrons. The smallest absolute Gasteiger partial charge is 0.417 e. The molecule has 0 fully saturated rings. The summed E-state index contributed by atoms with van der Waals surface area (Å²) in [5.74, 6) is -0.458. The number of aromatic hydroxyl groups is 1. The van der Waals surface area contributed by atoms with Crippen molar-refractivity contribution in [3.63, 3.8) is 0 Å². The number of pyridine rings is 1. The van der Waals surface area contributed by atoms with Crippen LogP contribution in [-0.2, 0) is 6.18 Å². The predicted octanol–water partition coefficient (Wildman–Crippen LogP) is 3.64. The third-order valence-corrected chi connectivity index (χ3v) is 3.86. The molecule has 8 heteroatoms. The van der Waals surface area contributed by atoms with Crippen molar-refractivity contribution in [2.24, 2.45) is 0 Å². The second-order valence-electron chi connectivity index (χ2n) is 5.57. The van der Waals surface area contributed by atoms with Crippen molar-refractivity contribution in [1.82, 2.24) is 9.38 Å². The number of hydrogen-bond acceptors (Lipinski definition) is 3. The lowest BCUT2D eigenvalue weighted by molar-refractivity contribution is -0.137. The normalized spacial score (nSPS) is 11.7. The Bertz CT molecular complexity index is 946. The molecule has 1 N–H and O–H groups in total. The van der Waals surface area contributed by atoms with Gasteiger partial charge in [-0.1, -0.05) is 0 Å². The van der Waals surface area contributed by atoms with Crippen molar-refractivity contribution in [3.8, 4) is 5.75 Å². The van der Waals surface area contributed by atoms with E-state index in [4.69, 9.17) is 0 Å². The largest absolute Gasteiger partial charge is 0.508 e. The molecule has 130 valence electrons. The topological polar surface area (TPSA) is 57.8 Å². The zero-order valence-corrected chi connectivity index (χ0v) is 13.4. The van der Waals surface area contributed by atoms with Gasteiger partial charge in [-0.2, -0.15) is 13.2 Å². The summed E-state index contributed by atoms with van der Waals surface area (Å²) in [5.41, 5.74) is 0.266. The van der Waals surface area contributed by atoms with Crippen LogP contribution < -0.4 is 4.90 Å². The molecule has 0 aliphatic rings. The molecule has 0 aliphatic carbocycles. The van der Waals surface area contributed by atoms with E-state index in [2.05, 4.69) is 4.98 Å². The summed E-state index contributed by atoms with van der Waals surface area (Å²) < 4.78 is 40.0. The number of rotatable bonds is 2. The summed E-state index contributed by atoms with van der Waals surface area (Å²) >= 11 is 0. The molecule has 2 aromatic heterocycles. The van der Waals surface area contributed by atoms with E-state index in [1.54, 1.807) is 6.92 Å². The van der Waals surface area contributed by atoms with Gasteiger partial charge in [0.05, 0.1) is 11.3 Å². The molecule has 0 atom stereocenters. The fraction of sp³-hybridized carbons (Fsp3) is 0.176. The third-order valence-electron chi connectivity index (χ3n) is 3.86. The van der Waals surface area contributed by atoms with E-state index in [1.165, 1.54) is 42.3 Å². The van der Waals surface area contributed by atoms with Crippen molar-refractivity contribution >= 4 is 17.2 Å². The zero-order chi connectivity index (χ0) is 18.4. The van der Waals surface area contributed by atoms with Gasteiger partial charge in [0.15, 0.2) is 0 Å². The van der Waals surface area contributed by atoms with Gasteiger partial charge in [-0.25, -0.2) is 4.98 Å². The number of aromatic nitrogens is 2. The molecule has 0 spiro atoms. The maximum absolute atomic E-state index is 13.0. The first-order chi connectivity index (χ1) is 11.7. The molecule has 2 heterocycles. The van der Waals surface area contributed by atoms with E-state index >= 15 is 0 Å². The average Bonchev–Trinajstić information content (AvgIpc) is 2.88. The van der Waals surface area contributed by atoms with Gasteiger partial charge in [0.25, 0.3) is 5.91 Å². The fourth-order valence-corrected chi connectivity index (χ4v) is 2.54. The first kappa shape index (κ1) is 16.8. The van der Waals surface area contributed by atoms with Crippen LogP contribution in [0.15, 0.2) is 42.6 Å². The summed E-state index contributed by atoms with van der Waals surface area (Å²) in [6, 6.07) is 8.07. The Hall–Kier alpha value is -3.03. The Morgan fingerprint density at radius 3 is 2.40 bits per heavy atom. The number of alkyl halides is 3. The molecule has 0 bridgehead atoms. The van der Waals surface area contributed by atoms with Gasteiger partial charge in [-0.05, 0) is 43.3 Å². The lowest BCUT2D eigenvalue weighted by atomic mass is 10.2. The summed E-state index contributed by atoms with van der Waals surface area (Å²) in [7, 11) is 1.50. The standard InChI is InChI=1S/C17H14F3N3O2/c1-10-15(16(25)22(2)12-4-6-13(24)7-5-12)23-9-11(17(18,19)20)3-8-14(23)21-10/h3-9,24H,1-2H3. The van der Waals surface area contributed by atoms with Crippen LogP contribution in [0.1, 0.15) is 21.7 Å². The Labute approximate surface area is 140 Å². The van der Waals surface area contributed by atoms with E-state index in [9.17, 15) is 23.1 Å². The number of carbonyl (C=O) groups excluding carboxylic acids is 1. The van der Waals surface area contributed by atoms with Crippen molar-refractivity contribution in [3.05, 3.63) is 59.5 Å². The SMILES string of the molecule is Cc1nc2ccc(C(F)(F)F)cn2c1C(=O)N(C)c1ccc(O)cc1. The number of hydrogen-bond donors (Lipinski definition) is 1. The van der Waals surface area contributed by atoms with Crippen LogP contribution in [0.4, 0.5) is 18.9 Å². The Morgan fingerprint density at radius 2 is 1.80 bits per heavy atom. The number of phenols is 1. The first-order valence-corrected chi connectivity index (χ1v) is 7.31. The fourth-order valence-electron chi connectivity index (χ4n) is 2.54. The van der Waals surface area contributed by atoms with Crippen molar-refractivity contribution in [1.29, 1.82) is 0 Å². The number of carbonyl (C=O) groups is 1. The van der Waals surface area contributed by atoms with Gasteiger partial charge in [0, 0.05) is 18.9 Å². The minimum atomic E-state index is -4.52. The number of imidazole rings is 1. The van der Waals surface area contributed by atoms with Crippen molar-refractivity contribution in [2.75, 3.05) is 11.9 Å². The van der Waals surface area contributed by atoms with Crippen molar-refractivity contribution < 1.29 is 23.1 Å². The van der Waals surface area contributed by atoms with Gasteiger partial charge < -0.3 is 10.0 Å². The Morgan fingerprint density at radius 1 is 1.16 bits per heavy atom. The van der Waals surface area contributed by atoms with E-state index < -0.39 is 17.6 Å². The van der Waals surface area contributed by atoms with Crippen LogP contribution in [0.3, 0.4) is 0 Å². The third kappa shape index (κ3) is 3.02. The predicted molar refractivity (Wildman–Crippen MR) is 85.8 cm³/mol. The van der Waals surface area contributed by atoms with Gasteiger partial charge in [-0.3, -0.25) is 9.20 Å². The number of aryl methyl sites for hydroxylation is 1. The first-order valence-electron chi connectivity index (χ1n) is 7.31. The molecule has 3 rings (SSSR count).